The molecular formula is C31H31N3O5. The molecule has 1 aliphatic heterocycles. The predicted molar refractivity (Wildman–Crippen MR) is 150 cm³/mol. The van der Waals surface area contributed by atoms with Gasteiger partial charge in [-0.15, -0.1) is 0 Å². The minimum atomic E-state index is -1.87. The molecule has 8 nitrogen and oxygen atoms in total. The normalized spacial score (nSPS) is 15.0. The fourth-order valence-electron chi connectivity index (χ4n) is 4.67. The highest BCUT2D eigenvalue weighted by Gasteiger charge is 2.34. The van der Waals surface area contributed by atoms with Crippen LogP contribution in [0.15, 0.2) is 97.1 Å². The highest BCUT2D eigenvalue weighted by atomic mass is 16.5. The molecule has 1 fully saturated rings. The minimum Gasteiger partial charge on any atom is -0.457 e. The number of hydrogen-bond donors (Lipinski definition) is 3. The van der Waals surface area contributed by atoms with Crippen LogP contribution in [-0.4, -0.2) is 65.3 Å². The average Bonchev–Trinajstić information content (AvgIpc) is 2.99. The summed E-state index contributed by atoms with van der Waals surface area (Å²) >= 11 is 0. The summed E-state index contributed by atoms with van der Waals surface area (Å²) in [5, 5.41) is 25.6. The summed E-state index contributed by atoms with van der Waals surface area (Å²) in [4.78, 5) is 28.9. The van der Waals surface area contributed by atoms with Crippen molar-refractivity contribution < 1.29 is 24.5 Å². The third-order valence-corrected chi connectivity index (χ3v) is 6.86. The maximum absolute atomic E-state index is 12.8. The Kier molecular flexibility index (Phi) is 8.05. The van der Waals surface area contributed by atoms with Crippen LogP contribution in [0, 0.1) is 0 Å². The number of benzene rings is 4. The number of aliphatic hydroxyl groups is 2. The topological polar surface area (TPSA) is 102 Å². The van der Waals surface area contributed by atoms with Crippen molar-refractivity contribution in [1.29, 1.82) is 0 Å². The predicted octanol–water partition coefficient (Wildman–Crippen LogP) is 3.32. The molecule has 4 aromatic carbocycles. The molecule has 1 heterocycles. The molecule has 1 aliphatic rings. The fraction of sp³-hybridized carbons (Fsp3) is 0.226. The highest BCUT2D eigenvalue weighted by molar-refractivity contribution is 5.90. The van der Waals surface area contributed by atoms with Crippen LogP contribution in [0.4, 0.5) is 5.69 Å². The molecule has 200 valence electrons. The molecule has 0 aliphatic carbocycles. The monoisotopic (exact) mass is 525 g/mol. The molecule has 5 rings (SSSR count). The Hall–Kier alpha value is -4.40. The Labute approximate surface area is 227 Å². The van der Waals surface area contributed by atoms with Crippen molar-refractivity contribution >= 4 is 28.3 Å². The van der Waals surface area contributed by atoms with Gasteiger partial charge in [0, 0.05) is 38.4 Å². The van der Waals surface area contributed by atoms with E-state index in [2.05, 4.69) is 10.2 Å². The first-order valence-electron chi connectivity index (χ1n) is 13.0. The number of nitrogens with one attached hydrogen (secondary N) is 1. The van der Waals surface area contributed by atoms with E-state index in [1.165, 1.54) is 4.90 Å². The number of fused-ring (bicyclic) bond motifs is 1. The molecule has 1 saturated heterocycles. The Morgan fingerprint density at radius 1 is 0.744 bits per heavy atom. The lowest BCUT2D eigenvalue weighted by Gasteiger charge is -2.37. The van der Waals surface area contributed by atoms with Crippen molar-refractivity contribution in [2.45, 2.75) is 18.8 Å². The van der Waals surface area contributed by atoms with E-state index in [1.807, 2.05) is 91.0 Å². The minimum absolute atomic E-state index is 0.0987. The van der Waals surface area contributed by atoms with Crippen LogP contribution in [0.25, 0.3) is 10.8 Å². The number of nitrogens with zero attached hydrogens (tertiary/aromatic N) is 2. The number of aliphatic hydroxyl groups excluding tert-OH is 2. The molecule has 2 amide bonds. The van der Waals surface area contributed by atoms with Gasteiger partial charge in [0.2, 0.25) is 0 Å². The van der Waals surface area contributed by atoms with Gasteiger partial charge < -0.3 is 30.1 Å². The third-order valence-electron chi connectivity index (χ3n) is 6.86. The molecular weight excluding hydrogens is 494 g/mol. The van der Waals surface area contributed by atoms with E-state index in [-0.39, 0.29) is 6.54 Å². The second-order valence-electron chi connectivity index (χ2n) is 9.51. The van der Waals surface area contributed by atoms with Crippen LogP contribution in [0.3, 0.4) is 0 Å². The number of carbonyl (C=O) groups excluding carboxylic acids is 2. The summed E-state index contributed by atoms with van der Waals surface area (Å²) in [6.07, 6.45) is -3.71. The molecule has 39 heavy (non-hydrogen) atoms. The summed E-state index contributed by atoms with van der Waals surface area (Å²) < 4.78 is 6.00. The zero-order chi connectivity index (χ0) is 27.2. The van der Waals surface area contributed by atoms with Gasteiger partial charge in [0.1, 0.15) is 11.5 Å². The van der Waals surface area contributed by atoms with Gasteiger partial charge in [-0.2, -0.15) is 0 Å². The van der Waals surface area contributed by atoms with E-state index in [4.69, 9.17) is 4.74 Å². The lowest BCUT2D eigenvalue weighted by Crippen LogP contribution is -2.55. The molecule has 3 N–H and O–H groups in total. The second-order valence-corrected chi connectivity index (χ2v) is 9.51. The smallest absolute Gasteiger partial charge is 0.254 e. The highest BCUT2D eigenvalue weighted by Crippen LogP contribution is 2.26. The molecule has 0 unspecified atom stereocenters. The molecule has 2 atom stereocenters. The number of hydrogen-bond acceptors (Lipinski definition) is 6. The van der Waals surface area contributed by atoms with Gasteiger partial charge in [-0.25, -0.2) is 0 Å². The number of rotatable bonds is 8. The van der Waals surface area contributed by atoms with Crippen molar-refractivity contribution in [3.05, 3.63) is 103 Å². The molecule has 0 aromatic heterocycles. The first kappa shape index (κ1) is 26.2. The summed E-state index contributed by atoms with van der Waals surface area (Å²) in [6.45, 7) is 2.08. The number of para-hydroxylation sites is 1. The van der Waals surface area contributed by atoms with E-state index in [0.29, 0.717) is 37.7 Å². The first-order valence-corrected chi connectivity index (χ1v) is 13.0. The Balaban J connectivity index is 1.12. The summed E-state index contributed by atoms with van der Waals surface area (Å²) in [5.41, 5.74) is 1.81. The van der Waals surface area contributed by atoms with Gasteiger partial charge in [-0.1, -0.05) is 60.7 Å². The van der Waals surface area contributed by atoms with Crippen molar-refractivity contribution in [3.63, 3.8) is 0 Å². The lowest BCUT2D eigenvalue weighted by molar-refractivity contribution is -0.153. The zero-order valence-corrected chi connectivity index (χ0v) is 21.4. The lowest BCUT2D eigenvalue weighted by atomic mass is 10.1. The van der Waals surface area contributed by atoms with E-state index < -0.39 is 24.0 Å². The van der Waals surface area contributed by atoms with Crippen LogP contribution in [0.5, 0.6) is 11.5 Å². The van der Waals surface area contributed by atoms with Crippen molar-refractivity contribution in [2.24, 2.45) is 0 Å². The van der Waals surface area contributed by atoms with Crippen LogP contribution >= 0.6 is 0 Å². The van der Waals surface area contributed by atoms with Gasteiger partial charge in [-0.05, 0) is 52.7 Å². The summed E-state index contributed by atoms with van der Waals surface area (Å²) in [7, 11) is 0. The largest absolute Gasteiger partial charge is 0.457 e. The molecule has 4 aromatic rings. The Bertz CT molecular complexity index is 1440. The van der Waals surface area contributed by atoms with Crippen LogP contribution in [0.2, 0.25) is 0 Å². The summed E-state index contributed by atoms with van der Waals surface area (Å²) in [5.74, 6) is -0.185. The van der Waals surface area contributed by atoms with Crippen LogP contribution in [-0.2, 0) is 16.1 Å². The second kappa shape index (κ2) is 12.0. The number of piperazine rings is 1. The van der Waals surface area contributed by atoms with E-state index in [0.717, 1.165) is 22.0 Å². The van der Waals surface area contributed by atoms with Crippen molar-refractivity contribution in [3.8, 4) is 11.5 Å². The average molecular weight is 526 g/mol. The first-order chi connectivity index (χ1) is 19.0. The van der Waals surface area contributed by atoms with E-state index in [9.17, 15) is 19.8 Å². The number of amides is 2. The van der Waals surface area contributed by atoms with Gasteiger partial charge in [0.25, 0.3) is 11.8 Å². The van der Waals surface area contributed by atoms with E-state index >= 15 is 0 Å². The van der Waals surface area contributed by atoms with Gasteiger partial charge >= 0.3 is 0 Å². The van der Waals surface area contributed by atoms with Gasteiger partial charge in [0.05, 0.1) is 0 Å². The Morgan fingerprint density at radius 2 is 1.44 bits per heavy atom. The number of carbonyl (C=O) groups is 2. The summed E-state index contributed by atoms with van der Waals surface area (Å²) in [6, 6.07) is 31.0. The zero-order valence-electron chi connectivity index (χ0n) is 21.4. The SMILES string of the molecule is O=C(NCc1cccc(Oc2ccc3ccccc3c2)c1)[C@H](O)[C@@H](O)C(=O)N1CCN(c2ccccc2)CC1. The van der Waals surface area contributed by atoms with Crippen molar-refractivity contribution in [1.82, 2.24) is 10.2 Å². The van der Waals surface area contributed by atoms with Crippen molar-refractivity contribution in [2.75, 3.05) is 31.1 Å². The molecule has 0 bridgehead atoms. The number of ether oxygens (including phenoxy) is 1. The van der Waals surface area contributed by atoms with Gasteiger partial charge in [0.15, 0.2) is 12.2 Å². The van der Waals surface area contributed by atoms with Crippen LogP contribution in [0.1, 0.15) is 5.56 Å². The quantitative estimate of drug-likeness (QED) is 0.326. The molecule has 0 saturated carbocycles. The van der Waals surface area contributed by atoms with E-state index in [1.54, 1.807) is 6.07 Å². The van der Waals surface area contributed by atoms with Crippen LogP contribution < -0.4 is 15.0 Å². The maximum Gasteiger partial charge on any atom is 0.254 e. The fourth-order valence-corrected chi connectivity index (χ4v) is 4.67. The number of anilines is 1. The maximum atomic E-state index is 12.8. The Morgan fingerprint density at radius 3 is 2.21 bits per heavy atom. The third kappa shape index (κ3) is 6.37. The standard InChI is InChI=1S/C31H31N3O5/c35-28(29(36)31(38)34-17-15-33(16-18-34)25-10-2-1-3-11-25)30(37)32-21-22-7-6-12-26(19-22)39-27-14-13-23-8-4-5-9-24(23)20-27/h1-14,19-20,28-29,35-36H,15-18,21H2,(H,32,37)/t28-,29-/m1/s1. The molecule has 0 radical (unpaired) electrons. The molecule has 8 heteroatoms. The van der Waals surface area contributed by atoms with Gasteiger partial charge in [-0.3, -0.25) is 9.59 Å². The molecule has 0 spiro atoms.